The fraction of sp³-hybridized carbons (Fsp3) is 0.500. The molecule has 2 fully saturated rings. The van der Waals surface area contributed by atoms with E-state index in [0.717, 1.165) is 17.7 Å². The Morgan fingerprint density at radius 1 is 1.24 bits per heavy atom. The molecule has 29 heavy (non-hydrogen) atoms. The van der Waals surface area contributed by atoms with Gasteiger partial charge in [0, 0.05) is 13.1 Å². The van der Waals surface area contributed by atoms with Gasteiger partial charge in [0.05, 0.1) is 6.42 Å². The molecule has 3 rings (SSSR count). The van der Waals surface area contributed by atoms with Gasteiger partial charge >= 0.3 is 12.0 Å². The van der Waals surface area contributed by atoms with E-state index >= 15 is 0 Å². The van der Waals surface area contributed by atoms with E-state index in [0.29, 0.717) is 18.4 Å². The molecule has 4 amide bonds. The zero-order valence-corrected chi connectivity index (χ0v) is 16.2. The van der Waals surface area contributed by atoms with Crippen molar-refractivity contribution >= 4 is 23.8 Å². The first kappa shape index (κ1) is 20.8. The molecule has 1 saturated heterocycles. The molecular formula is C20H24FN3O5. The summed E-state index contributed by atoms with van der Waals surface area (Å²) in [6, 6.07) is 5.17. The number of nitrogens with zero attached hydrogens (tertiary/aromatic N) is 1. The van der Waals surface area contributed by atoms with E-state index in [2.05, 4.69) is 10.6 Å². The first-order valence-corrected chi connectivity index (χ1v) is 9.66. The van der Waals surface area contributed by atoms with Crippen LogP contribution in [-0.4, -0.2) is 46.9 Å². The second-order valence-electron chi connectivity index (χ2n) is 7.40. The average Bonchev–Trinajstić information content (AvgIpc) is 3.25. The monoisotopic (exact) mass is 405 g/mol. The first-order chi connectivity index (χ1) is 13.8. The SMILES string of the molecule is C[C@H](OC(=O)CCN1C(=O)NC2(CCCC2)C1=O)C(=O)NCc1ccc(F)cc1. The van der Waals surface area contributed by atoms with Gasteiger partial charge in [-0.25, -0.2) is 9.18 Å². The highest BCUT2D eigenvalue weighted by Gasteiger charge is 2.52. The summed E-state index contributed by atoms with van der Waals surface area (Å²) in [5.74, 6) is -1.84. The maximum absolute atomic E-state index is 12.9. The molecule has 1 heterocycles. The molecule has 1 aromatic carbocycles. The van der Waals surface area contributed by atoms with E-state index < -0.39 is 29.6 Å². The molecule has 1 saturated carbocycles. The summed E-state index contributed by atoms with van der Waals surface area (Å²) >= 11 is 0. The topological polar surface area (TPSA) is 105 Å². The molecule has 8 nitrogen and oxygen atoms in total. The Morgan fingerprint density at radius 3 is 2.55 bits per heavy atom. The van der Waals surface area contributed by atoms with Crippen LogP contribution in [0.5, 0.6) is 0 Å². The summed E-state index contributed by atoms with van der Waals surface area (Å²) in [6.07, 6.45) is 1.77. The van der Waals surface area contributed by atoms with E-state index in [-0.39, 0.29) is 31.2 Å². The smallest absolute Gasteiger partial charge is 0.325 e. The van der Waals surface area contributed by atoms with Crippen LogP contribution in [0.15, 0.2) is 24.3 Å². The minimum Gasteiger partial charge on any atom is -0.452 e. The second-order valence-corrected chi connectivity index (χ2v) is 7.40. The van der Waals surface area contributed by atoms with Crippen molar-refractivity contribution in [2.24, 2.45) is 0 Å². The van der Waals surface area contributed by atoms with Gasteiger partial charge in [-0.3, -0.25) is 19.3 Å². The lowest BCUT2D eigenvalue weighted by molar-refractivity contribution is -0.155. The van der Waals surface area contributed by atoms with E-state index in [1.165, 1.54) is 19.1 Å². The van der Waals surface area contributed by atoms with E-state index in [9.17, 15) is 23.6 Å². The third-order valence-electron chi connectivity index (χ3n) is 5.30. The lowest BCUT2D eigenvalue weighted by atomic mass is 9.98. The first-order valence-electron chi connectivity index (χ1n) is 9.66. The molecule has 0 bridgehead atoms. The van der Waals surface area contributed by atoms with Crippen LogP contribution in [0.2, 0.25) is 0 Å². The predicted molar refractivity (Wildman–Crippen MR) is 99.9 cm³/mol. The van der Waals surface area contributed by atoms with Gasteiger partial charge in [0.25, 0.3) is 11.8 Å². The van der Waals surface area contributed by atoms with Gasteiger partial charge in [0.15, 0.2) is 6.10 Å². The number of amides is 4. The molecule has 2 N–H and O–H groups in total. The molecular weight excluding hydrogens is 381 g/mol. The fourth-order valence-corrected chi connectivity index (χ4v) is 3.64. The Morgan fingerprint density at radius 2 is 1.90 bits per heavy atom. The molecule has 1 spiro atoms. The molecule has 1 aliphatic heterocycles. The predicted octanol–water partition coefficient (Wildman–Crippen LogP) is 1.63. The number of benzene rings is 1. The van der Waals surface area contributed by atoms with Crippen LogP contribution < -0.4 is 10.6 Å². The van der Waals surface area contributed by atoms with Gasteiger partial charge in [0.2, 0.25) is 0 Å². The molecule has 1 aliphatic carbocycles. The van der Waals surface area contributed by atoms with Gasteiger partial charge in [-0.05, 0) is 37.5 Å². The van der Waals surface area contributed by atoms with Gasteiger partial charge in [-0.2, -0.15) is 0 Å². The van der Waals surface area contributed by atoms with Crippen molar-refractivity contribution in [3.8, 4) is 0 Å². The number of carbonyl (C=O) groups is 4. The second kappa shape index (κ2) is 8.59. The molecule has 1 atom stereocenters. The number of halogens is 1. The number of ether oxygens (including phenoxy) is 1. The van der Waals surface area contributed by atoms with E-state index in [1.807, 2.05) is 0 Å². The highest BCUT2D eigenvalue weighted by molar-refractivity contribution is 6.07. The van der Waals surface area contributed by atoms with Crippen LogP contribution in [-0.2, 0) is 25.7 Å². The maximum atomic E-state index is 12.9. The third kappa shape index (κ3) is 4.72. The van der Waals surface area contributed by atoms with Crippen LogP contribution >= 0.6 is 0 Å². The van der Waals surface area contributed by atoms with E-state index in [4.69, 9.17) is 4.74 Å². The minimum atomic E-state index is -1.03. The number of carbonyl (C=O) groups excluding carboxylic acids is 4. The average molecular weight is 405 g/mol. The Kier molecular flexibility index (Phi) is 6.14. The lowest BCUT2D eigenvalue weighted by Crippen LogP contribution is -2.44. The van der Waals surface area contributed by atoms with Crippen LogP contribution in [0.1, 0.15) is 44.6 Å². The molecule has 156 valence electrons. The number of imide groups is 1. The fourth-order valence-electron chi connectivity index (χ4n) is 3.64. The van der Waals surface area contributed by atoms with Gasteiger partial charge in [0.1, 0.15) is 11.4 Å². The summed E-state index contributed by atoms with van der Waals surface area (Å²) in [4.78, 5) is 49.8. The van der Waals surface area contributed by atoms with Crippen molar-refractivity contribution in [2.45, 2.75) is 57.2 Å². The largest absolute Gasteiger partial charge is 0.452 e. The van der Waals surface area contributed by atoms with Crippen molar-refractivity contribution in [1.29, 1.82) is 0 Å². The lowest BCUT2D eigenvalue weighted by Gasteiger charge is -2.20. The number of rotatable bonds is 7. The number of esters is 1. The summed E-state index contributed by atoms with van der Waals surface area (Å²) in [5, 5.41) is 5.35. The van der Waals surface area contributed by atoms with Crippen molar-refractivity contribution < 1.29 is 28.3 Å². The Hall–Kier alpha value is -2.97. The van der Waals surface area contributed by atoms with E-state index in [1.54, 1.807) is 12.1 Å². The zero-order chi connectivity index (χ0) is 21.0. The summed E-state index contributed by atoms with van der Waals surface area (Å²) < 4.78 is 18.0. The van der Waals surface area contributed by atoms with Gasteiger partial charge < -0.3 is 15.4 Å². The number of hydrogen-bond acceptors (Lipinski definition) is 5. The van der Waals surface area contributed by atoms with Crippen LogP contribution in [0.25, 0.3) is 0 Å². The normalized spacial score (nSPS) is 18.6. The molecule has 0 unspecified atom stereocenters. The highest BCUT2D eigenvalue weighted by Crippen LogP contribution is 2.35. The number of nitrogens with one attached hydrogen (secondary N) is 2. The van der Waals surface area contributed by atoms with Crippen LogP contribution in [0.4, 0.5) is 9.18 Å². The minimum absolute atomic E-state index is 0.0881. The quantitative estimate of drug-likeness (QED) is 0.530. The standard InChI is InChI=1S/C20H24FN3O5/c1-13(17(26)22-12-14-4-6-15(21)7-5-14)29-16(25)8-11-24-18(27)20(23-19(24)28)9-2-3-10-20/h4-7,13H,2-3,8-12H2,1H3,(H,22,26)(H,23,28)/t13-/m0/s1. The van der Waals surface area contributed by atoms with Gasteiger partial charge in [-0.1, -0.05) is 25.0 Å². The Balaban J connectivity index is 1.42. The third-order valence-corrected chi connectivity index (χ3v) is 5.30. The molecule has 9 heteroatoms. The highest BCUT2D eigenvalue weighted by atomic mass is 19.1. The molecule has 0 radical (unpaired) electrons. The van der Waals surface area contributed by atoms with Crippen molar-refractivity contribution in [1.82, 2.24) is 15.5 Å². The van der Waals surface area contributed by atoms with Crippen molar-refractivity contribution in [3.05, 3.63) is 35.6 Å². The maximum Gasteiger partial charge on any atom is 0.325 e. The zero-order valence-electron chi connectivity index (χ0n) is 16.2. The van der Waals surface area contributed by atoms with Crippen molar-refractivity contribution in [3.63, 3.8) is 0 Å². The summed E-state index contributed by atoms with van der Waals surface area (Å²) in [5.41, 5.74) is -0.105. The van der Waals surface area contributed by atoms with Crippen LogP contribution in [0.3, 0.4) is 0 Å². The van der Waals surface area contributed by atoms with Gasteiger partial charge in [-0.15, -0.1) is 0 Å². The number of urea groups is 1. The molecule has 0 aromatic heterocycles. The number of hydrogen-bond donors (Lipinski definition) is 2. The van der Waals surface area contributed by atoms with Crippen LogP contribution in [0, 0.1) is 5.82 Å². The van der Waals surface area contributed by atoms with Crippen molar-refractivity contribution in [2.75, 3.05) is 6.54 Å². The molecule has 1 aromatic rings. The molecule has 2 aliphatic rings. The summed E-state index contributed by atoms with van der Waals surface area (Å²) in [7, 11) is 0. The Labute approximate surface area is 167 Å². The summed E-state index contributed by atoms with van der Waals surface area (Å²) in [6.45, 7) is 1.51. The Bertz CT molecular complexity index is 805.